The lowest BCUT2D eigenvalue weighted by Gasteiger charge is -2.37. The van der Waals surface area contributed by atoms with Crippen LogP contribution in [-0.4, -0.2) is 62.9 Å². The molecule has 1 unspecified atom stereocenters. The summed E-state index contributed by atoms with van der Waals surface area (Å²) in [4.78, 5) is 7.10. The molecule has 166 valence electrons. The molecule has 0 aliphatic carbocycles. The van der Waals surface area contributed by atoms with Crippen LogP contribution in [-0.2, 0) is 11.3 Å². The summed E-state index contributed by atoms with van der Waals surface area (Å²) in [6.45, 7) is 14.3. The van der Waals surface area contributed by atoms with Crippen molar-refractivity contribution in [3.63, 3.8) is 0 Å². The van der Waals surface area contributed by atoms with Crippen LogP contribution in [0.4, 0.5) is 4.39 Å². The number of hydrogen-bond donors (Lipinski definition) is 2. The van der Waals surface area contributed by atoms with Crippen LogP contribution in [0.2, 0.25) is 0 Å². The Morgan fingerprint density at radius 2 is 1.97 bits per heavy atom. The van der Waals surface area contributed by atoms with Gasteiger partial charge in [-0.2, -0.15) is 0 Å². The summed E-state index contributed by atoms with van der Waals surface area (Å²) in [7, 11) is 0. The highest BCUT2D eigenvalue weighted by Gasteiger charge is 2.23. The lowest BCUT2D eigenvalue weighted by Crippen LogP contribution is -2.52. The Labute approximate surface area is 191 Å². The second-order valence-electron chi connectivity index (χ2n) is 7.23. The summed E-state index contributed by atoms with van der Waals surface area (Å²) < 4.78 is 24.8. The fourth-order valence-corrected chi connectivity index (χ4v) is 3.32. The van der Waals surface area contributed by atoms with E-state index in [-0.39, 0.29) is 35.5 Å². The molecule has 29 heavy (non-hydrogen) atoms. The van der Waals surface area contributed by atoms with E-state index in [1.165, 1.54) is 6.07 Å². The molecule has 6 nitrogen and oxygen atoms in total. The van der Waals surface area contributed by atoms with Gasteiger partial charge in [-0.15, -0.1) is 24.0 Å². The standard InChI is InChI=1S/C21H35FN4O2.HI/c1-5-23-21(24-14-17-7-8-20(28-6-2)18(22)13-17)25-15-19(16(3)4)26-9-11-27-12-10-26;/h7-8,13,16,19H,5-6,9-12,14-15H2,1-4H3,(H2,23,24,25);1H. The minimum Gasteiger partial charge on any atom is -0.491 e. The molecule has 1 saturated heterocycles. The van der Waals surface area contributed by atoms with E-state index in [9.17, 15) is 4.39 Å². The first-order valence-electron chi connectivity index (χ1n) is 10.3. The van der Waals surface area contributed by atoms with Crippen LogP contribution in [0, 0.1) is 11.7 Å². The average Bonchev–Trinajstić information content (AvgIpc) is 2.69. The van der Waals surface area contributed by atoms with E-state index in [0.29, 0.717) is 25.1 Å². The molecule has 1 aromatic carbocycles. The van der Waals surface area contributed by atoms with Crippen molar-refractivity contribution in [1.29, 1.82) is 0 Å². The number of morpholine rings is 1. The molecule has 0 amide bonds. The Morgan fingerprint density at radius 3 is 2.55 bits per heavy atom. The van der Waals surface area contributed by atoms with Gasteiger partial charge in [0.1, 0.15) is 0 Å². The summed E-state index contributed by atoms with van der Waals surface area (Å²) in [6, 6.07) is 5.42. The first-order chi connectivity index (χ1) is 13.5. The summed E-state index contributed by atoms with van der Waals surface area (Å²) in [5.41, 5.74) is 0.812. The van der Waals surface area contributed by atoms with Gasteiger partial charge < -0.3 is 20.1 Å². The number of nitrogens with one attached hydrogen (secondary N) is 2. The molecule has 0 radical (unpaired) electrons. The Hall–Kier alpha value is -1.13. The quantitative estimate of drug-likeness (QED) is 0.296. The van der Waals surface area contributed by atoms with Crippen molar-refractivity contribution in [2.24, 2.45) is 10.9 Å². The van der Waals surface area contributed by atoms with E-state index in [2.05, 4.69) is 34.4 Å². The van der Waals surface area contributed by atoms with Crippen LogP contribution in [0.5, 0.6) is 5.75 Å². The number of ether oxygens (including phenoxy) is 2. The Morgan fingerprint density at radius 1 is 1.24 bits per heavy atom. The summed E-state index contributed by atoms with van der Waals surface area (Å²) in [5.74, 6) is 1.20. The van der Waals surface area contributed by atoms with Crippen LogP contribution in [0.15, 0.2) is 23.2 Å². The zero-order valence-corrected chi connectivity index (χ0v) is 20.4. The van der Waals surface area contributed by atoms with Crippen molar-refractivity contribution in [2.75, 3.05) is 46.0 Å². The molecule has 2 N–H and O–H groups in total. The molecule has 1 fully saturated rings. The maximum absolute atomic E-state index is 14.0. The highest BCUT2D eigenvalue weighted by molar-refractivity contribution is 14.0. The first-order valence-corrected chi connectivity index (χ1v) is 10.3. The van der Waals surface area contributed by atoms with Crippen molar-refractivity contribution < 1.29 is 13.9 Å². The maximum Gasteiger partial charge on any atom is 0.191 e. The van der Waals surface area contributed by atoms with Crippen LogP contribution in [0.3, 0.4) is 0 Å². The molecule has 0 spiro atoms. The topological polar surface area (TPSA) is 58.1 Å². The summed E-state index contributed by atoms with van der Waals surface area (Å²) in [6.07, 6.45) is 0. The van der Waals surface area contributed by atoms with Gasteiger partial charge in [-0.1, -0.05) is 19.9 Å². The van der Waals surface area contributed by atoms with Crippen molar-refractivity contribution in [3.8, 4) is 5.75 Å². The Bertz CT molecular complexity index is 625. The zero-order valence-electron chi connectivity index (χ0n) is 18.0. The van der Waals surface area contributed by atoms with Gasteiger partial charge in [0, 0.05) is 32.2 Å². The number of nitrogens with zero attached hydrogens (tertiary/aromatic N) is 2. The van der Waals surface area contributed by atoms with Gasteiger partial charge in [-0.3, -0.25) is 4.90 Å². The summed E-state index contributed by atoms with van der Waals surface area (Å²) >= 11 is 0. The van der Waals surface area contributed by atoms with E-state index < -0.39 is 0 Å². The molecule has 2 rings (SSSR count). The monoisotopic (exact) mass is 522 g/mol. The molecule has 0 bridgehead atoms. The van der Waals surface area contributed by atoms with E-state index >= 15 is 0 Å². The largest absolute Gasteiger partial charge is 0.491 e. The van der Waals surface area contributed by atoms with Gasteiger partial charge in [0.25, 0.3) is 0 Å². The number of benzene rings is 1. The highest BCUT2D eigenvalue weighted by Crippen LogP contribution is 2.18. The van der Waals surface area contributed by atoms with E-state index in [1.807, 2.05) is 19.9 Å². The molecule has 1 atom stereocenters. The fourth-order valence-electron chi connectivity index (χ4n) is 3.32. The molecule has 0 saturated carbocycles. The predicted octanol–water partition coefficient (Wildman–Crippen LogP) is 3.25. The fraction of sp³-hybridized carbons (Fsp3) is 0.667. The van der Waals surface area contributed by atoms with Gasteiger partial charge >= 0.3 is 0 Å². The first kappa shape index (κ1) is 25.9. The second-order valence-corrected chi connectivity index (χ2v) is 7.23. The molecule has 0 aromatic heterocycles. The van der Waals surface area contributed by atoms with Gasteiger partial charge in [-0.25, -0.2) is 9.38 Å². The highest BCUT2D eigenvalue weighted by atomic mass is 127. The van der Waals surface area contributed by atoms with E-state index in [0.717, 1.165) is 50.9 Å². The van der Waals surface area contributed by atoms with Crippen molar-refractivity contribution in [1.82, 2.24) is 15.5 Å². The van der Waals surface area contributed by atoms with E-state index in [4.69, 9.17) is 9.47 Å². The van der Waals surface area contributed by atoms with Gasteiger partial charge in [0.15, 0.2) is 17.5 Å². The SMILES string of the molecule is CCNC(=NCc1ccc(OCC)c(F)c1)NCC(C(C)C)N1CCOCC1.I. The van der Waals surface area contributed by atoms with Crippen LogP contribution >= 0.6 is 24.0 Å². The number of halogens is 2. The molecule has 1 aromatic rings. The summed E-state index contributed by atoms with van der Waals surface area (Å²) in [5, 5.41) is 6.73. The van der Waals surface area contributed by atoms with Gasteiger partial charge in [0.2, 0.25) is 0 Å². The number of aliphatic imine (C=N–C) groups is 1. The van der Waals surface area contributed by atoms with Crippen molar-refractivity contribution in [3.05, 3.63) is 29.6 Å². The lowest BCUT2D eigenvalue weighted by atomic mass is 10.0. The molecule has 8 heteroatoms. The normalized spacial score (nSPS) is 16.3. The third-order valence-corrected chi connectivity index (χ3v) is 4.82. The number of guanidine groups is 1. The molecule has 1 aliphatic rings. The average molecular weight is 522 g/mol. The van der Waals surface area contributed by atoms with Crippen molar-refractivity contribution >= 4 is 29.9 Å². The smallest absolute Gasteiger partial charge is 0.191 e. The van der Waals surface area contributed by atoms with Crippen molar-refractivity contribution in [2.45, 2.75) is 40.3 Å². The molecule has 1 heterocycles. The third-order valence-electron chi connectivity index (χ3n) is 4.82. The minimum absolute atomic E-state index is 0. The second kappa shape index (κ2) is 14.0. The van der Waals surface area contributed by atoms with Crippen LogP contribution < -0.4 is 15.4 Å². The van der Waals surface area contributed by atoms with E-state index in [1.54, 1.807) is 6.07 Å². The Kier molecular flexibility index (Phi) is 12.5. The van der Waals surface area contributed by atoms with Crippen LogP contribution in [0.1, 0.15) is 33.3 Å². The third kappa shape index (κ3) is 8.64. The van der Waals surface area contributed by atoms with Crippen LogP contribution in [0.25, 0.3) is 0 Å². The minimum atomic E-state index is -0.348. The predicted molar refractivity (Wildman–Crippen MR) is 127 cm³/mol. The number of hydrogen-bond acceptors (Lipinski definition) is 4. The molecule has 1 aliphatic heterocycles. The van der Waals surface area contributed by atoms with Gasteiger partial charge in [0.05, 0.1) is 26.4 Å². The zero-order chi connectivity index (χ0) is 20.4. The number of rotatable bonds is 9. The molecular weight excluding hydrogens is 486 g/mol. The molecular formula is C21H36FIN4O2. The van der Waals surface area contributed by atoms with Gasteiger partial charge in [-0.05, 0) is 37.5 Å². The lowest BCUT2D eigenvalue weighted by molar-refractivity contribution is 0.00752. The maximum atomic E-state index is 14.0. The Balaban J connectivity index is 0.00000420.